The van der Waals surface area contributed by atoms with Gasteiger partial charge in [-0.1, -0.05) is 19.9 Å². The number of fused-ring (bicyclic) bond motifs is 3. The normalized spacial score (nSPS) is 16.3. The molecule has 2 aromatic heterocycles. The number of anilines is 1. The van der Waals surface area contributed by atoms with E-state index in [9.17, 15) is 14.9 Å². The first-order valence-electron chi connectivity index (χ1n) is 11.5. The molecule has 3 heterocycles. The maximum absolute atomic E-state index is 13.0. The van der Waals surface area contributed by atoms with Crippen molar-refractivity contribution in [1.82, 2.24) is 14.9 Å². The van der Waals surface area contributed by atoms with E-state index in [4.69, 9.17) is 9.97 Å². The third-order valence-corrected chi connectivity index (χ3v) is 7.69. The van der Waals surface area contributed by atoms with E-state index in [2.05, 4.69) is 18.7 Å². The Morgan fingerprint density at radius 1 is 1.12 bits per heavy atom. The van der Waals surface area contributed by atoms with Crippen LogP contribution >= 0.6 is 11.3 Å². The first-order valence-corrected chi connectivity index (χ1v) is 12.3. The fourth-order valence-corrected chi connectivity index (χ4v) is 5.96. The minimum atomic E-state index is -0.469. The Bertz CT molecular complexity index is 1230. The zero-order chi connectivity index (χ0) is 23.1. The van der Waals surface area contributed by atoms with Crippen molar-refractivity contribution in [3.05, 3.63) is 56.2 Å². The number of carbonyl (C=O) groups excluding carboxylic acids is 1. The number of rotatable bonds is 4. The molecule has 0 unspecified atom stereocenters. The highest BCUT2D eigenvalue weighted by Gasteiger charge is 2.28. The molecular weight excluding hydrogens is 438 g/mol. The van der Waals surface area contributed by atoms with Crippen LogP contribution in [0.1, 0.15) is 59.2 Å². The largest absolute Gasteiger partial charge is 0.352 e. The minimum Gasteiger partial charge on any atom is -0.352 e. The van der Waals surface area contributed by atoms with Crippen LogP contribution in [0.5, 0.6) is 0 Å². The van der Waals surface area contributed by atoms with Crippen LogP contribution in [-0.2, 0) is 12.8 Å². The molecule has 3 aromatic rings. The maximum atomic E-state index is 13.0. The summed E-state index contributed by atoms with van der Waals surface area (Å²) in [5, 5.41) is 12.3. The second-order valence-electron chi connectivity index (χ2n) is 9.04. The fraction of sp³-hybridized carbons (Fsp3) is 0.458. The summed E-state index contributed by atoms with van der Waals surface area (Å²) < 4.78 is 0. The number of nitrogens with zero attached hydrogens (tertiary/aromatic N) is 5. The number of hydrogen-bond donors (Lipinski definition) is 0. The molecule has 0 bridgehead atoms. The lowest BCUT2D eigenvalue weighted by molar-refractivity contribution is -0.384. The number of benzene rings is 1. The van der Waals surface area contributed by atoms with E-state index in [-0.39, 0.29) is 17.5 Å². The number of non-ortho nitro benzene ring substituents is 1. The molecule has 2 aliphatic rings. The van der Waals surface area contributed by atoms with Gasteiger partial charge in [0.05, 0.1) is 10.3 Å². The van der Waals surface area contributed by atoms with Gasteiger partial charge >= 0.3 is 0 Å². The molecule has 0 radical (unpaired) electrons. The van der Waals surface area contributed by atoms with Crippen molar-refractivity contribution in [1.29, 1.82) is 0 Å². The van der Waals surface area contributed by atoms with Gasteiger partial charge in [0, 0.05) is 54.7 Å². The third-order valence-electron chi connectivity index (χ3n) is 6.50. The Labute approximate surface area is 196 Å². The predicted molar refractivity (Wildman–Crippen MR) is 129 cm³/mol. The number of piperazine rings is 1. The number of aromatic nitrogens is 2. The lowest BCUT2D eigenvalue weighted by atomic mass is 9.96. The van der Waals surface area contributed by atoms with Crippen molar-refractivity contribution < 1.29 is 9.72 Å². The summed E-state index contributed by atoms with van der Waals surface area (Å²) in [6.45, 7) is 6.69. The molecule has 9 heteroatoms. The Balaban J connectivity index is 1.41. The maximum Gasteiger partial charge on any atom is 0.270 e. The van der Waals surface area contributed by atoms with Crippen LogP contribution in [-0.4, -0.2) is 51.9 Å². The smallest absolute Gasteiger partial charge is 0.270 e. The number of aryl methyl sites for hydroxylation is 2. The third kappa shape index (κ3) is 4.06. The predicted octanol–water partition coefficient (Wildman–Crippen LogP) is 4.56. The molecule has 0 spiro atoms. The van der Waals surface area contributed by atoms with E-state index < -0.39 is 4.92 Å². The van der Waals surface area contributed by atoms with Gasteiger partial charge in [0.1, 0.15) is 16.5 Å². The van der Waals surface area contributed by atoms with Crippen LogP contribution in [0, 0.1) is 10.1 Å². The quantitative estimate of drug-likeness (QED) is 0.414. The lowest BCUT2D eigenvalue weighted by Gasteiger charge is -2.36. The van der Waals surface area contributed by atoms with Gasteiger partial charge in [-0.25, -0.2) is 9.97 Å². The van der Waals surface area contributed by atoms with Gasteiger partial charge in [-0.05, 0) is 37.3 Å². The highest BCUT2D eigenvalue weighted by atomic mass is 32.1. The van der Waals surface area contributed by atoms with E-state index in [1.807, 2.05) is 11.3 Å². The first kappa shape index (κ1) is 21.8. The van der Waals surface area contributed by atoms with E-state index in [1.165, 1.54) is 40.8 Å². The molecule has 1 saturated heterocycles. The number of nitro groups is 1. The Kier molecular flexibility index (Phi) is 5.74. The average molecular weight is 466 g/mol. The number of carbonyl (C=O) groups is 1. The minimum absolute atomic E-state index is 0.0636. The summed E-state index contributed by atoms with van der Waals surface area (Å²) in [7, 11) is 0. The number of thiophene rings is 1. The van der Waals surface area contributed by atoms with Gasteiger partial charge in [0.2, 0.25) is 0 Å². The Hall–Kier alpha value is -3.07. The van der Waals surface area contributed by atoms with Crippen LogP contribution in [0.25, 0.3) is 10.2 Å². The molecule has 1 amide bonds. The molecule has 172 valence electrons. The zero-order valence-corrected chi connectivity index (χ0v) is 19.7. The van der Waals surface area contributed by atoms with E-state index in [0.717, 1.165) is 29.3 Å². The second kappa shape index (κ2) is 8.70. The molecule has 1 fully saturated rings. The zero-order valence-electron chi connectivity index (χ0n) is 18.9. The number of nitro benzene ring substituents is 1. The van der Waals surface area contributed by atoms with Crippen molar-refractivity contribution >= 4 is 39.0 Å². The van der Waals surface area contributed by atoms with Gasteiger partial charge in [0.25, 0.3) is 11.6 Å². The monoisotopic (exact) mass is 465 g/mol. The lowest BCUT2D eigenvalue weighted by Crippen LogP contribution is -2.49. The first-order chi connectivity index (χ1) is 15.9. The summed E-state index contributed by atoms with van der Waals surface area (Å²) in [5.41, 5.74) is 1.71. The van der Waals surface area contributed by atoms with Crippen molar-refractivity contribution in [2.75, 3.05) is 31.1 Å². The van der Waals surface area contributed by atoms with Crippen LogP contribution in [0.3, 0.4) is 0 Å². The molecule has 0 saturated carbocycles. The molecule has 0 atom stereocenters. The molecular formula is C24H27N5O3S. The summed E-state index contributed by atoms with van der Waals surface area (Å²) in [6, 6.07) is 5.97. The molecule has 33 heavy (non-hydrogen) atoms. The van der Waals surface area contributed by atoms with Crippen molar-refractivity contribution in [3.8, 4) is 0 Å². The molecule has 8 nitrogen and oxygen atoms in total. The number of hydrogen-bond acceptors (Lipinski definition) is 7. The Morgan fingerprint density at radius 3 is 2.61 bits per heavy atom. The summed E-state index contributed by atoms with van der Waals surface area (Å²) in [5.74, 6) is 1.95. The summed E-state index contributed by atoms with van der Waals surface area (Å²) >= 11 is 1.82. The fourth-order valence-electron chi connectivity index (χ4n) is 4.70. The van der Waals surface area contributed by atoms with Crippen molar-refractivity contribution in [2.45, 2.75) is 45.4 Å². The van der Waals surface area contributed by atoms with Gasteiger partial charge in [-0.3, -0.25) is 14.9 Å². The molecule has 1 aromatic carbocycles. The molecule has 0 N–H and O–H groups in total. The SMILES string of the molecule is CC(C)c1nc(N2CCN(C(=O)c3cccc([N+](=O)[O-])c3)CC2)c2c3c(sc2n1)CCCC3. The average Bonchev–Trinajstić information content (AvgIpc) is 3.22. The van der Waals surface area contributed by atoms with Gasteiger partial charge in [-0.2, -0.15) is 0 Å². The molecule has 5 rings (SSSR count). The summed E-state index contributed by atoms with van der Waals surface area (Å²) in [4.78, 5) is 40.1. The van der Waals surface area contributed by atoms with Crippen molar-refractivity contribution in [3.63, 3.8) is 0 Å². The van der Waals surface area contributed by atoms with Gasteiger partial charge < -0.3 is 9.80 Å². The second-order valence-corrected chi connectivity index (χ2v) is 10.1. The highest BCUT2D eigenvalue weighted by Crippen LogP contribution is 2.40. The van der Waals surface area contributed by atoms with Gasteiger partial charge in [0.15, 0.2) is 0 Å². The highest BCUT2D eigenvalue weighted by molar-refractivity contribution is 7.19. The van der Waals surface area contributed by atoms with Gasteiger partial charge in [-0.15, -0.1) is 11.3 Å². The number of amides is 1. The van der Waals surface area contributed by atoms with Crippen molar-refractivity contribution in [2.24, 2.45) is 0 Å². The summed E-state index contributed by atoms with van der Waals surface area (Å²) in [6.07, 6.45) is 4.64. The van der Waals surface area contributed by atoms with Crippen LogP contribution in [0.15, 0.2) is 24.3 Å². The van der Waals surface area contributed by atoms with Crippen LogP contribution in [0.2, 0.25) is 0 Å². The van der Waals surface area contributed by atoms with E-state index in [1.54, 1.807) is 17.0 Å². The van der Waals surface area contributed by atoms with Crippen LogP contribution < -0.4 is 4.90 Å². The standard InChI is InChI=1S/C24H27N5O3S/c1-15(2)21-25-22(20-18-8-3-4-9-19(18)33-23(20)26-21)27-10-12-28(13-11-27)24(30)16-6-5-7-17(14-16)29(31)32/h5-7,14-15H,3-4,8-13H2,1-2H3. The van der Waals surface area contributed by atoms with Crippen LogP contribution in [0.4, 0.5) is 11.5 Å². The molecule has 1 aliphatic heterocycles. The topological polar surface area (TPSA) is 92.5 Å². The molecule has 1 aliphatic carbocycles. The Morgan fingerprint density at radius 2 is 1.88 bits per heavy atom. The van der Waals surface area contributed by atoms with E-state index in [0.29, 0.717) is 31.7 Å². The van der Waals surface area contributed by atoms with E-state index >= 15 is 0 Å².